The Balaban J connectivity index is 2.29. The second-order valence-electron chi connectivity index (χ2n) is 5.64. The predicted molar refractivity (Wildman–Crippen MR) is 62.7 cm³/mol. The molecule has 1 atom stereocenters. The van der Waals surface area contributed by atoms with E-state index in [1.54, 1.807) is 0 Å². The third-order valence-electron chi connectivity index (χ3n) is 3.24. The first-order chi connectivity index (χ1) is 6.89. The van der Waals surface area contributed by atoms with Crippen molar-refractivity contribution in [3.05, 3.63) is 0 Å². The second-order valence-corrected chi connectivity index (χ2v) is 5.64. The summed E-state index contributed by atoms with van der Waals surface area (Å²) in [4.78, 5) is 13.9. The fourth-order valence-corrected chi connectivity index (χ4v) is 1.65. The van der Waals surface area contributed by atoms with Crippen LogP contribution in [0.4, 0.5) is 0 Å². The Bertz CT molecular complexity index is 214. The van der Waals surface area contributed by atoms with Crippen molar-refractivity contribution < 1.29 is 4.79 Å². The molecule has 0 saturated carbocycles. The highest BCUT2D eigenvalue weighted by Crippen LogP contribution is 2.18. The Morgan fingerprint density at radius 2 is 1.87 bits per heavy atom. The average molecular weight is 212 g/mol. The van der Waals surface area contributed by atoms with Gasteiger partial charge in [-0.15, -0.1) is 0 Å². The van der Waals surface area contributed by atoms with Gasteiger partial charge in [-0.2, -0.15) is 0 Å². The zero-order valence-corrected chi connectivity index (χ0v) is 10.5. The molecule has 1 aliphatic rings. The molecule has 0 bridgehead atoms. The predicted octanol–water partition coefficient (Wildman–Crippen LogP) is 1.63. The Morgan fingerprint density at radius 1 is 1.33 bits per heavy atom. The number of rotatable bonds is 3. The molecule has 0 aromatic rings. The summed E-state index contributed by atoms with van der Waals surface area (Å²) < 4.78 is 0. The first-order valence-corrected chi connectivity index (χ1v) is 5.91. The first kappa shape index (κ1) is 12.5. The SMILES string of the molecule is C[C@H](NC(=O)CN1CCCC1)C(C)(C)C. The van der Waals surface area contributed by atoms with Crippen molar-refractivity contribution in [2.75, 3.05) is 19.6 Å². The molecule has 88 valence electrons. The van der Waals surface area contributed by atoms with Crippen molar-refractivity contribution in [2.24, 2.45) is 5.41 Å². The molecule has 0 aromatic heterocycles. The molecule has 1 N–H and O–H groups in total. The molecule has 0 aliphatic carbocycles. The molecule has 0 spiro atoms. The summed E-state index contributed by atoms with van der Waals surface area (Å²) in [6.45, 7) is 11.2. The topological polar surface area (TPSA) is 32.3 Å². The molecule has 0 aromatic carbocycles. The number of carbonyl (C=O) groups excluding carboxylic acids is 1. The lowest BCUT2D eigenvalue weighted by Crippen LogP contribution is -2.45. The van der Waals surface area contributed by atoms with Crippen molar-refractivity contribution in [1.82, 2.24) is 10.2 Å². The third kappa shape index (κ3) is 4.20. The zero-order chi connectivity index (χ0) is 11.5. The van der Waals surface area contributed by atoms with E-state index in [-0.39, 0.29) is 17.4 Å². The van der Waals surface area contributed by atoms with Gasteiger partial charge < -0.3 is 5.32 Å². The maximum Gasteiger partial charge on any atom is 0.234 e. The minimum Gasteiger partial charge on any atom is -0.352 e. The van der Waals surface area contributed by atoms with Gasteiger partial charge in [0.25, 0.3) is 0 Å². The van der Waals surface area contributed by atoms with E-state index in [0.717, 1.165) is 13.1 Å². The van der Waals surface area contributed by atoms with Gasteiger partial charge in [0.05, 0.1) is 6.54 Å². The van der Waals surface area contributed by atoms with Crippen LogP contribution in [0.1, 0.15) is 40.5 Å². The van der Waals surface area contributed by atoms with E-state index in [2.05, 4.69) is 37.9 Å². The largest absolute Gasteiger partial charge is 0.352 e. The molecule has 1 fully saturated rings. The molecule has 0 unspecified atom stereocenters. The van der Waals surface area contributed by atoms with Crippen LogP contribution < -0.4 is 5.32 Å². The monoisotopic (exact) mass is 212 g/mol. The summed E-state index contributed by atoms with van der Waals surface area (Å²) in [5.74, 6) is 0.166. The van der Waals surface area contributed by atoms with Crippen LogP contribution in [0.15, 0.2) is 0 Å². The van der Waals surface area contributed by atoms with Gasteiger partial charge >= 0.3 is 0 Å². The molecule has 1 amide bonds. The first-order valence-electron chi connectivity index (χ1n) is 5.91. The fraction of sp³-hybridized carbons (Fsp3) is 0.917. The molecule has 3 nitrogen and oxygen atoms in total. The number of nitrogens with one attached hydrogen (secondary N) is 1. The maximum absolute atomic E-state index is 11.7. The summed E-state index contributed by atoms with van der Waals surface area (Å²) in [5.41, 5.74) is 0.140. The molecular formula is C12H24N2O. The van der Waals surface area contributed by atoms with Crippen LogP contribution in [0, 0.1) is 5.41 Å². The van der Waals surface area contributed by atoms with Crippen molar-refractivity contribution in [3.8, 4) is 0 Å². The molecule has 1 rings (SSSR count). The Kier molecular flexibility index (Phi) is 4.14. The van der Waals surface area contributed by atoms with E-state index >= 15 is 0 Å². The van der Waals surface area contributed by atoms with E-state index < -0.39 is 0 Å². The Morgan fingerprint density at radius 3 is 2.33 bits per heavy atom. The highest BCUT2D eigenvalue weighted by Gasteiger charge is 2.23. The van der Waals surface area contributed by atoms with Crippen molar-refractivity contribution in [2.45, 2.75) is 46.6 Å². The third-order valence-corrected chi connectivity index (χ3v) is 3.24. The zero-order valence-electron chi connectivity index (χ0n) is 10.5. The van der Waals surface area contributed by atoms with Crippen LogP contribution in [0.5, 0.6) is 0 Å². The van der Waals surface area contributed by atoms with E-state index in [4.69, 9.17) is 0 Å². The van der Waals surface area contributed by atoms with Gasteiger partial charge in [0.2, 0.25) is 5.91 Å². The molecule has 1 aliphatic heterocycles. The molecule has 3 heteroatoms. The van der Waals surface area contributed by atoms with Gasteiger partial charge in [-0.3, -0.25) is 9.69 Å². The van der Waals surface area contributed by atoms with Crippen LogP contribution in [0.3, 0.4) is 0 Å². The van der Waals surface area contributed by atoms with E-state index in [0.29, 0.717) is 6.54 Å². The molecule has 1 saturated heterocycles. The number of carbonyl (C=O) groups is 1. The number of likely N-dealkylation sites (tertiary alicyclic amines) is 1. The normalized spacial score (nSPS) is 20.3. The molecule has 15 heavy (non-hydrogen) atoms. The average Bonchev–Trinajstić information content (AvgIpc) is 2.54. The van der Waals surface area contributed by atoms with E-state index in [9.17, 15) is 4.79 Å². The van der Waals surface area contributed by atoms with E-state index in [1.807, 2.05) is 0 Å². The lowest BCUT2D eigenvalue weighted by molar-refractivity contribution is -0.123. The van der Waals surface area contributed by atoms with Gasteiger partial charge in [0.15, 0.2) is 0 Å². The lowest BCUT2D eigenvalue weighted by atomic mass is 9.88. The maximum atomic E-state index is 11.7. The lowest BCUT2D eigenvalue weighted by Gasteiger charge is -2.28. The van der Waals surface area contributed by atoms with Gasteiger partial charge in [0, 0.05) is 6.04 Å². The summed E-state index contributed by atoms with van der Waals surface area (Å²) >= 11 is 0. The smallest absolute Gasteiger partial charge is 0.234 e. The highest BCUT2D eigenvalue weighted by atomic mass is 16.2. The van der Waals surface area contributed by atoms with Crippen molar-refractivity contribution in [3.63, 3.8) is 0 Å². The van der Waals surface area contributed by atoms with Gasteiger partial charge in [0.1, 0.15) is 0 Å². The van der Waals surface area contributed by atoms with Crippen LogP contribution in [-0.2, 0) is 4.79 Å². The number of nitrogens with zero attached hydrogens (tertiary/aromatic N) is 1. The summed E-state index contributed by atoms with van der Waals surface area (Å²) in [7, 11) is 0. The standard InChI is InChI=1S/C12H24N2O/c1-10(12(2,3)4)13-11(15)9-14-7-5-6-8-14/h10H,5-9H2,1-4H3,(H,13,15)/t10-/m0/s1. The molecular weight excluding hydrogens is 188 g/mol. The Hall–Kier alpha value is -0.570. The molecule has 1 heterocycles. The van der Waals surface area contributed by atoms with Crippen LogP contribution in [0.25, 0.3) is 0 Å². The highest BCUT2D eigenvalue weighted by molar-refractivity contribution is 5.78. The van der Waals surface area contributed by atoms with Crippen molar-refractivity contribution in [1.29, 1.82) is 0 Å². The summed E-state index contributed by atoms with van der Waals surface area (Å²) in [6.07, 6.45) is 2.48. The van der Waals surface area contributed by atoms with Crippen LogP contribution in [-0.4, -0.2) is 36.5 Å². The second kappa shape index (κ2) is 4.97. The number of hydrogen-bond acceptors (Lipinski definition) is 2. The fourth-order valence-electron chi connectivity index (χ4n) is 1.65. The van der Waals surface area contributed by atoms with E-state index in [1.165, 1.54) is 12.8 Å². The van der Waals surface area contributed by atoms with Gasteiger partial charge in [-0.25, -0.2) is 0 Å². The van der Waals surface area contributed by atoms with Gasteiger partial charge in [-0.1, -0.05) is 20.8 Å². The summed E-state index contributed by atoms with van der Waals surface area (Å²) in [5, 5.41) is 3.07. The minimum atomic E-state index is 0.140. The summed E-state index contributed by atoms with van der Waals surface area (Å²) in [6, 6.07) is 0.229. The Labute approximate surface area is 93.2 Å². The van der Waals surface area contributed by atoms with Crippen LogP contribution >= 0.6 is 0 Å². The number of hydrogen-bond donors (Lipinski definition) is 1. The molecule has 0 radical (unpaired) electrons. The van der Waals surface area contributed by atoms with Gasteiger partial charge in [-0.05, 0) is 38.3 Å². The van der Waals surface area contributed by atoms with Crippen LogP contribution in [0.2, 0.25) is 0 Å². The minimum absolute atomic E-state index is 0.140. The quantitative estimate of drug-likeness (QED) is 0.771. The van der Waals surface area contributed by atoms with Crippen molar-refractivity contribution >= 4 is 5.91 Å². The number of amides is 1.